The van der Waals surface area contributed by atoms with Crippen molar-refractivity contribution < 1.29 is 13.2 Å². The maximum absolute atomic E-state index is 12.5. The topological polar surface area (TPSA) is 35.8 Å². The minimum Gasteiger partial charge on any atom is -0.354 e. The zero-order chi connectivity index (χ0) is 15.6. The lowest BCUT2D eigenvalue weighted by Crippen LogP contribution is -2.05. The van der Waals surface area contributed by atoms with Gasteiger partial charge in [0.2, 0.25) is 0 Å². The van der Waals surface area contributed by atoms with Gasteiger partial charge in [0.1, 0.15) is 6.07 Å². The molecule has 0 bridgehead atoms. The maximum atomic E-state index is 12.5. The van der Waals surface area contributed by atoms with Crippen LogP contribution in [0.25, 0.3) is 0 Å². The minimum atomic E-state index is -4.43. The summed E-state index contributed by atoms with van der Waals surface area (Å²) in [5.41, 5.74) is 0.599. The van der Waals surface area contributed by atoms with Crippen molar-refractivity contribution in [1.82, 2.24) is 0 Å². The van der Waals surface area contributed by atoms with E-state index in [2.05, 4.69) is 21.2 Å². The third kappa shape index (κ3) is 3.69. The van der Waals surface area contributed by atoms with Gasteiger partial charge in [0.15, 0.2) is 0 Å². The van der Waals surface area contributed by atoms with Crippen LogP contribution < -0.4 is 5.32 Å². The average Bonchev–Trinajstić information content (AvgIpc) is 2.40. The number of halogens is 5. The second-order valence-electron chi connectivity index (χ2n) is 4.12. The number of benzene rings is 2. The van der Waals surface area contributed by atoms with E-state index in [1.807, 2.05) is 6.07 Å². The van der Waals surface area contributed by atoms with Gasteiger partial charge >= 0.3 is 6.18 Å². The molecule has 1 N–H and O–H groups in total. The molecule has 0 aliphatic carbocycles. The van der Waals surface area contributed by atoms with Crippen molar-refractivity contribution in [2.24, 2.45) is 0 Å². The maximum Gasteiger partial charge on any atom is 0.416 e. The predicted octanol–water partition coefficient (Wildman–Crippen LogP) is 5.74. The van der Waals surface area contributed by atoms with Gasteiger partial charge in [-0.25, -0.2) is 0 Å². The molecule has 0 aromatic heterocycles. The van der Waals surface area contributed by atoms with Gasteiger partial charge in [-0.05, 0) is 52.3 Å². The molecule has 0 fully saturated rings. The Labute approximate surface area is 132 Å². The molecule has 2 nitrogen and oxygen atoms in total. The molecule has 0 aliphatic rings. The highest BCUT2D eigenvalue weighted by Crippen LogP contribution is 2.35. The molecular formula is C14H7BrClF3N2. The summed E-state index contributed by atoms with van der Waals surface area (Å²) < 4.78 is 38.2. The second-order valence-corrected chi connectivity index (χ2v) is 5.39. The van der Waals surface area contributed by atoms with E-state index in [0.717, 1.165) is 12.1 Å². The highest BCUT2D eigenvalue weighted by atomic mass is 79.9. The van der Waals surface area contributed by atoms with Crippen molar-refractivity contribution in [2.75, 3.05) is 5.32 Å². The van der Waals surface area contributed by atoms with Crippen LogP contribution in [0.3, 0.4) is 0 Å². The summed E-state index contributed by atoms with van der Waals surface area (Å²) in [6.45, 7) is 0. The van der Waals surface area contributed by atoms with Crippen LogP contribution in [0.4, 0.5) is 24.5 Å². The molecule has 0 saturated heterocycles. The Kier molecular flexibility index (Phi) is 4.45. The summed E-state index contributed by atoms with van der Waals surface area (Å²) in [5, 5.41) is 11.7. The van der Waals surface area contributed by atoms with Gasteiger partial charge < -0.3 is 5.32 Å². The molecule has 0 heterocycles. The number of hydrogen-bond donors (Lipinski definition) is 1. The first-order valence-corrected chi connectivity index (χ1v) is 6.82. The second kappa shape index (κ2) is 5.96. The van der Waals surface area contributed by atoms with Gasteiger partial charge in [-0.3, -0.25) is 0 Å². The molecule has 2 rings (SSSR count). The van der Waals surface area contributed by atoms with Crippen LogP contribution in [0, 0.1) is 11.3 Å². The molecule has 0 aliphatic heterocycles. The lowest BCUT2D eigenvalue weighted by atomic mass is 10.2. The first-order valence-electron chi connectivity index (χ1n) is 5.64. The minimum absolute atomic E-state index is 0.0368. The highest BCUT2D eigenvalue weighted by Gasteiger charge is 2.30. The molecule has 0 unspecified atom stereocenters. The molecule has 0 saturated carbocycles. The van der Waals surface area contributed by atoms with Gasteiger partial charge in [-0.2, -0.15) is 18.4 Å². The van der Waals surface area contributed by atoms with Crippen molar-refractivity contribution in [2.45, 2.75) is 6.18 Å². The fourth-order valence-corrected chi connectivity index (χ4v) is 2.33. The van der Waals surface area contributed by atoms with E-state index in [4.69, 9.17) is 16.9 Å². The number of nitrogens with one attached hydrogen (secondary N) is 1. The number of hydrogen-bond acceptors (Lipinski definition) is 2. The number of alkyl halides is 3. The average molecular weight is 376 g/mol. The summed E-state index contributed by atoms with van der Waals surface area (Å²) in [6.07, 6.45) is -4.43. The van der Waals surface area contributed by atoms with Crippen LogP contribution in [0.15, 0.2) is 40.9 Å². The molecule has 0 spiro atoms. The number of anilines is 2. The summed E-state index contributed by atoms with van der Waals surface area (Å²) in [4.78, 5) is 0. The Morgan fingerprint density at radius 2 is 1.86 bits per heavy atom. The van der Waals surface area contributed by atoms with Crippen LogP contribution in [0.2, 0.25) is 5.02 Å². The van der Waals surface area contributed by atoms with Gasteiger partial charge in [-0.15, -0.1) is 0 Å². The van der Waals surface area contributed by atoms with Crippen LogP contribution in [-0.4, -0.2) is 0 Å². The number of nitrogens with zero attached hydrogens (tertiary/aromatic N) is 1. The zero-order valence-corrected chi connectivity index (χ0v) is 12.6. The van der Waals surface area contributed by atoms with Crippen LogP contribution in [-0.2, 0) is 6.18 Å². The van der Waals surface area contributed by atoms with Crippen LogP contribution >= 0.6 is 27.5 Å². The third-order valence-electron chi connectivity index (χ3n) is 2.66. The standard InChI is InChI=1S/C14H7BrClF3N2/c15-11-6-10(3-1-8(11)7-20)21-13-4-2-9(5-12(13)16)14(17,18)19/h1-6,21H. The fourth-order valence-electron chi connectivity index (χ4n) is 1.63. The third-order valence-corrected chi connectivity index (χ3v) is 3.63. The quantitative estimate of drug-likeness (QED) is 0.727. The van der Waals surface area contributed by atoms with Gasteiger partial charge in [-0.1, -0.05) is 11.6 Å². The van der Waals surface area contributed by atoms with Gasteiger partial charge in [0.05, 0.1) is 21.8 Å². The fraction of sp³-hybridized carbons (Fsp3) is 0.0714. The first kappa shape index (κ1) is 15.7. The number of rotatable bonds is 2. The molecule has 2 aromatic carbocycles. The Morgan fingerprint density at radius 3 is 2.38 bits per heavy atom. The summed E-state index contributed by atoms with van der Waals surface area (Å²) in [6, 6.07) is 9.94. The SMILES string of the molecule is N#Cc1ccc(Nc2ccc(C(F)(F)F)cc2Cl)cc1Br. The molecule has 0 amide bonds. The van der Waals surface area contributed by atoms with Crippen molar-refractivity contribution in [3.8, 4) is 6.07 Å². The number of nitriles is 1. The van der Waals surface area contributed by atoms with E-state index >= 15 is 0 Å². The lowest BCUT2D eigenvalue weighted by molar-refractivity contribution is -0.137. The Hall–Kier alpha value is -1.71. The van der Waals surface area contributed by atoms with E-state index < -0.39 is 11.7 Å². The van der Waals surface area contributed by atoms with E-state index in [-0.39, 0.29) is 5.02 Å². The van der Waals surface area contributed by atoms with E-state index in [1.165, 1.54) is 6.07 Å². The van der Waals surface area contributed by atoms with Crippen molar-refractivity contribution >= 4 is 38.9 Å². The molecule has 0 atom stereocenters. The molecule has 21 heavy (non-hydrogen) atoms. The molecule has 7 heteroatoms. The predicted molar refractivity (Wildman–Crippen MR) is 78.6 cm³/mol. The summed E-state index contributed by atoms with van der Waals surface area (Å²) >= 11 is 9.09. The summed E-state index contributed by atoms with van der Waals surface area (Å²) in [5.74, 6) is 0. The zero-order valence-electron chi connectivity index (χ0n) is 10.3. The van der Waals surface area contributed by atoms with E-state index in [9.17, 15) is 13.2 Å². The Morgan fingerprint density at radius 1 is 1.14 bits per heavy atom. The summed E-state index contributed by atoms with van der Waals surface area (Å²) in [7, 11) is 0. The highest BCUT2D eigenvalue weighted by molar-refractivity contribution is 9.10. The van der Waals surface area contributed by atoms with Gasteiger partial charge in [0, 0.05) is 10.2 Å². The Bertz CT molecular complexity index is 723. The molecule has 0 radical (unpaired) electrons. The lowest BCUT2D eigenvalue weighted by Gasteiger charge is -2.12. The first-order chi connectivity index (χ1) is 9.81. The normalized spacial score (nSPS) is 11.0. The van der Waals surface area contributed by atoms with Crippen LogP contribution in [0.1, 0.15) is 11.1 Å². The molecule has 108 valence electrons. The van der Waals surface area contributed by atoms with Crippen LogP contribution in [0.5, 0.6) is 0 Å². The van der Waals surface area contributed by atoms with Crippen molar-refractivity contribution in [3.63, 3.8) is 0 Å². The molecule has 2 aromatic rings. The smallest absolute Gasteiger partial charge is 0.354 e. The molecular weight excluding hydrogens is 369 g/mol. The van der Waals surface area contributed by atoms with Gasteiger partial charge in [0.25, 0.3) is 0 Å². The van der Waals surface area contributed by atoms with E-state index in [0.29, 0.717) is 21.4 Å². The largest absolute Gasteiger partial charge is 0.416 e. The van der Waals surface area contributed by atoms with Crippen molar-refractivity contribution in [3.05, 3.63) is 57.0 Å². The van der Waals surface area contributed by atoms with Crippen molar-refractivity contribution in [1.29, 1.82) is 5.26 Å². The monoisotopic (exact) mass is 374 g/mol. The van der Waals surface area contributed by atoms with E-state index in [1.54, 1.807) is 18.2 Å². The Balaban J connectivity index is 2.28.